The van der Waals surface area contributed by atoms with Crippen molar-refractivity contribution in [1.82, 2.24) is 5.16 Å². The van der Waals surface area contributed by atoms with Gasteiger partial charge in [-0.15, -0.1) is 0 Å². The van der Waals surface area contributed by atoms with Gasteiger partial charge in [-0.25, -0.2) is 4.79 Å². The van der Waals surface area contributed by atoms with Gasteiger partial charge in [0, 0.05) is 17.7 Å². The van der Waals surface area contributed by atoms with Crippen LogP contribution in [0.1, 0.15) is 40.7 Å². The number of aryl methyl sites for hydroxylation is 2. The van der Waals surface area contributed by atoms with E-state index >= 15 is 0 Å². The fourth-order valence-corrected chi connectivity index (χ4v) is 2.26. The third-order valence-corrected chi connectivity index (χ3v) is 3.44. The first-order valence-corrected chi connectivity index (χ1v) is 7.50. The fourth-order valence-electron chi connectivity index (χ4n) is 2.26. The summed E-state index contributed by atoms with van der Waals surface area (Å²) in [7, 11) is 0. The molecule has 0 aliphatic carbocycles. The van der Waals surface area contributed by atoms with E-state index in [1.807, 2.05) is 13.8 Å². The highest BCUT2D eigenvalue weighted by Gasteiger charge is 2.12. The van der Waals surface area contributed by atoms with E-state index in [4.69, 9.17) is 9.26 Å². The first-order chi connectivity index (χ1) is 11.0. The maximum Gasteiger partial charge on any atom is 0.338 e. The summed E-state index contributed by atoms with van der Waals surface area (Å²) in [6.07, 6.45) is 0.872. The average molecular weight is 316 g/mol. The lowest BCUT2D eigenvalue weighted by atomic mass is 10.1. The number of hydrogen-bond acceptors (Lipinski definition) is 5. The molecule has 122 valence electrons. The van der Waals surface area contributed by atoms with Crippen LogP contribution >= 0.6 is 0 Å². The van der Waals surface area contributed by atoms with Crippen molar-refractivity contribution in [3.05, 3.63) is 46.8 Å². The van der Waals surface area contributed by atoms with Crippen LogP contribution in [-0.2, 0) is 16.0 Å². The van der Waals surface area contributed by atoms with Crippen molar-refractivity contribution in [3.63, 3.8) is 0 Å². The lowest BCUT2D eigenvalue weighted by Gasteiger charge is -2.07. The molecule has 6 nitrogen and oxygen atoms in total. The SMILES string of the molecule is CCOC(=O)c1cccc(NC(=O)CCc2c(C)noc2C)c1. The smallest absolute Gasteiger partial charge is 0.338 e. The molecule has 0 radical (unpaired) electrons. The molecule has 0 unspecified atom stereocenters. The first-order valence-electron chi connectivity index (χ1n) is 7.50. The number of nitrogens with zero attached hydrogens (tertiary/aromatic N) is 1. The van der Waals surface area contributed by atoms with Crippen LogP contribution in [0.4, 0.5) is 5.69 Å². The van der Waals surface area contributed by atoms with Crippen molar-refractivity contribution in [2.75, 3.05) is 11.9 Å². The van der Waals surface area contributed by atoms with Gasteiger partial charge >= 0.3 is 5.97 Å². The number of ether oxygens (including phenoxy) is 1. The van der Waals surface area contributed by atoms with Crippen LogP contribution in [0.15, 0.2) is 28.8 Å². The zero-order valence-electron chi connectivity index (χ0n) is 13.5. The molecule has 2 aromatic rings. The van der Waals surface area contributed by atoms with Gasteiger partial charge in [-0.2, -0.15) is 0 Å². The molecule has 0 fully saturated rings. The average Bonchev–Trinajstić information content (AvgIpc) is 2.84. The van der Waals surface area contributed by atoms with Crippen LogP contribution in [0.5, 0.6) is 0 Å². The normalized spacial score (nSPS) is 10.4. The molecule has 1 aromatic carbocycles. The summed E-state index contributed by atoms with van der Waals surface area (Å²) < 4.78 is 10.0. The molecule has 0 saturated heterocycles. The second-order valence-electron chi connectivity index (χ2n) is 5.15. The lowest BCUT2D eigenvalue weighted by molar-refractivity contribution is -0.116. The quantitative estimate of drug-likeness (QED) is 0.828. The Balaban J connectivity index is 1.95. The lowest BCUT2D eigenvalue weighted by Crippen LogP contribution is -2.13. The Kier molecular flexibility index (Phi) is 5.51. The number of nitrogens with one attached hydrogen (secondary N) is 1. The van der Waals surface area contributed by atoms with E-state index in [-0.39, 0.29) is 5.91 Å². The molecule has 6 heteroatoms. The van der Waals surface area contributed by atoms with Crippen molar-refractivity contribution in [3.8, 4) is 0 Å². The van der Waals surface area contributed by atoms with Gasteiger partial charge in [-0.1, -0.05) is 11.2 Å². The van der Waals surface area contributed by atoms with Crippen molar-refractivity contribution >= 4 is 17.6 Å². The second-order valence-corrected chi connectivity index (χ2v) is 5.15. The minimum Gasteiger partial charge on any atom is -0.462 e. The molecule has 23 heavy (non-hydrogen) atoms. The molecule has 0 aliphatic heterocycles. The molecule has 0 spiro atoms. The predicted molar refractivity (Wildman–Crippen MR) is 85.3 cm³/mol. The fraction of sp³-hybridized carbons (Fsp3) is 0.353. The van der Waals surface area contributed by atoms with E-state index in [0.29, 0.717) is 30.7 Å². The third kappa shape index (κ3) is 4.42. The standard InChI is InChI=1S/C17H20N2O4/c1-4-22-17(21)13-6-5-7-14(10-13)18-16(20)9-8-15-11(2)19-23-12(15)3/h5-7,10H,4,8-9H2,1-3H3,(H,18,20). The molecule has 1 N–H and O–H groups in total. The van der Waals surface area contributed by atoms with E-state index < -0.39 is 5.97 Å². The molecule has 1 heterocycles. The highest BCUT2D eigenvalue weighted by atomic mass is 16.5. The van der Waals surface area contributed by atoms with Crippen molar-refractivity contribution in [2.45, 2.75) is 33.6 Å². The Labute approximate surface area is 134 Å². The van der Waals surface area contributed by atoms with E-state index in [1.54, 1.807) is 31.2 Å². The number of carbonyl (C=O) groups excluding carboxylic acids is 2. The van der Waals surface area contributed by atoms with Crippen LogP contribution in [0.3, 0.4) is 0 Å². The summed E-state index contributed by atoms with van der Waals surface area (Å²) in [5.41, 5.74) is 2.75. The highest BCUT2D eigenvalue weighted by molar-refractivity contribution is 5.94. The molecule has 0 bridgehead atoms. The number of amides is 1. The zero-order valence-corrected chi connectivity index (χ0v) is 13.5. The van der Waals surface area contributed by atoms with E-state index in [0.717, 1.165) is 17.0 Å². The van der Waals surface area contributed by atoms with Crippen LogP contribution in [0, 0.1) is 13.8 Å². The number of esters is 1. The second kappa shape index (κ2) is 7.58. The Bertz CT molecular complexity index is 687. The Morgan fingerprint density at radius 1 is 1.30 bits per heavy atom. The van der Waals surface area contributed by atoms with Gasteiger partial charge in [0.05, 0.1) is 17.9 Å². The summed E-state index contributed by atoms with van der Waals surface area (Å²) in [6, 6.07) is 6.69. The van der Waals surface area contributed by atoms with Crippen LogP contribution in [0.2, 0.25) is 0 Å². The number of benzene rings is 1. The number of hydrogen-bond donors (Lipinski definition) is 1. The predicted octanol–water partition coefficient (Wildman–Crippen LogP) is 3.04. The van der Waals surface area contributed by atoms with Gasteiger partial charge in [-0.05, 0) is 45.4 Å². The van der Waals surface area contributed by atoms with Gasteiger partial charge < -0.3 is 14.6 Å². The van der Waals surface area contributed by atoms with E-state index in [1.165, 1.54) is 0 Å². The summed E-state index contributed by atoms with van der Waals surface area (Å²) in [4.78, 5) is 23.7. The Morgan fingerprint density at radius 3 is 2.74 bits per heavy atom. The molecule has 1 amide bonds. The number of anilines is 1. The molecule has 1 aromatic heterocycles. The molecule has 0 aliphatic rings. The Hall–Kier alpha value is -2.63. The first kappa shape index (κ1) is 16.7. The van der Waals surface area contributed by atoms with E-state index in [9.17, 15) is 9.59 Å². The minimum atomic E-state index is -0.403. The molecule has 2 rings (SSSR count). The van der Waals surface area contributed by atoms with Crippen molar-refractivity contribution in [2.24, 2.45) is 0 Å². The molecule has 0 saturated carbocycles. The summed E-state index contributed by atoms with van der Waals surface area (Å²) in [5.74, 6) is 0.199. The number of carbonyl (C=O) groups is 2. The third-order valence-electron chi connectivity index (χ3n) is 3.44. The van der Waals surface area contributed by atoms with E-state index in [2.05, 4.69) is 10.5 Å². The molecular weight excluding hydrogens is 296 g/mol. The number of rotatable bonds is 6. The van der Waals surface area contributed by atoms with Crippen LogP contribution in [0.25, 0.3) is 0 Å². The maximum atomic E-state index is 12.1. The van der Waals surface area contributed by atoms with Gasteiger partial charge in [0.2, 0.25) is 5.91 Å². The van der Waals surface area contributed by atoms with Crippen LogP contribution < -0.4 is 5.32 Å². The zero-order chi connectivity index (χ0) is 16.8. The summed E-state index contributed by atoms with van der Waals surface area (Å²) >= 11 is 0. The van der Waals surface area contributed by atoms with Crippen molar-refractivity contribution < 1.29 is 18.8 Å². The molecular formula is C17H20N2O4. The number of aromatic nitrogens is 1. The Morgan fingerprint density at radius 2 is 2.09 bits per heavy atom. The summed E-state index contributed by atoms with van der Waals surface area (Å²) in [6.45, 7) is 5.74. The minimum absolute atomic E-state index is 0.133. The van der Waals surface area contributed by atoms with Gasteiger partial charge in [0.25, 0.3) is 0 Å². The van der Waals surface area contributed by atoms with Gasteiger partial charge in [0.15, 0.2) is 0 Å². The van der Waals surface area contributed by atoms with Gasteiger partial charge in [-0.3, -0.25) is 4.79 Å². The maximum absolute atomic E-state index is 12.1. The van der Waals surface area contributed by atoms with Crippen LogP contribution in [-0.4, -0.2) is 23.6 Å². The highest BCUT2D eigenvalue weighted by Crippen LogP contribution is 2.16. The topological polar surface area (TPSA) is 81.4 Å². The molecule has 0 atom stereocenters. The van der Waals surface area contributed by atoms with Crippen molar-refractivity contribution in [1.29, 1.82) is 0 Å². The summed E-state index contributed by atoms with van der Waals surface area (Å²) in [5, 5.41) is 6.65. The largest absolute Gasteiger partial charge is 0.462 e. The monoisotopic (exact) mass is 316 g/mol. The van der Waals surface area contributed by atoms with Gasteiger partial charge in [0.1, 0.15) is 5.76 Å².